The molecule has 0 aromatic carbocycles. The number of carbonyl (C=O) groups is 1. The molecule has 0 aromatic rings. The predicted molar refractivity (Wildman–Crippen MR) is 45.5 cm³/mol. The van der Waals surface area contributed by atoms with Crippen molar-refractivity contribution in [3.63, 3.8) is 0 Å². The van der Waals surface area contributed by atoms with Gasteiger partial charge in [0.1, 0.15) is 0 Å². The van der Waals surface area contributed by atoms with Crippen LogP contribution in [0.5, 0.6) is 0 Å². The van der Waals surface area contributed by atoms with Gasteiger partial charge in [0, 0.05) is 13.5 Å². The van der Waals surface area contributed by atoms with Crippen molar-refractivity contribution < 1.29 is 9.53 Å². The molecule has 0 spiro atoms. The van der Waals surface area contributed by atoms with Gasteiger partial charge in [-0.25, -0.2) is 0 Å². The Hall–Kier alpha value is -0.630. The molecule has 0 bridgehead atoms. The van der Waals surface area contributed by atoms with Gasteiger partial charge < -0.3 is 4.74 Å². The Bertz CT molecular complexity index is 136. The van der Waals surface area contributed by atoms with Crippen LogP contribution in [-0.2, 0) is 9.53 Å². The van der Waals surface area contributed by atoms with Crippen LogP contribution in [0.2, 0.25) is 0 Å². The number of ether oxygens (including phenoxy) is 1. The minimum atomic E-state index is 0.178. The number of rotatable bonds is 5. The zero-order valence-corrected chi connectivity index (χ0v) is 7.46. The average Bonchev–Trinajstić information content (AvgIpc) is 1.86. The zero-order chi connectivity index (χ0) is 8.69. The molecule has 0 atom stereocenters. The average molecular weight is 156 g/mol. The number of hydrogen-bond donors (Lipinski definition) is 0. The van der Waals surface area contributed by atoms with Crippen LogP contribution in [0.3, 0.4) is 0 Å². The van der Waals surface area contributed by atoms with E-state index in [2.05, 4.69) is 0 Å². The van der Waals surface area contributed by atoms with E-state index < -0.39 is 0 Å². The smallest absolute Gasteiger partial charge is 0.155 e. The minimum Gasteiger partial charge on any atom is -0.381 e. The van der Waals surface area contributed by atoms with Gasteiger partial charge in [-0.05, 0) is 12.0 Å². The van der Waals surface area contributed by atoms with Crippen molar-refractivity contribution in [1.82, 2.24) is 0 Å². The van der Waals surface area contributed by atoms with E-state index in [-0.39, 0.29) is 5.78 Å². The predicted octanol–water partition coefficient (Wildman–Crippen LogP) is 1.80. The lowest BCUT2D eigenvalue weighted by Crippen LogP contribution is -1.98. The molecule has 2 heteroatoms. The van der Waals surface area contributed by atoms with Gasteiger partial charge in [-0.3, -0.25) is 4.79 Å². The van der Waals surface area contributed by atoms with E-state index in [1.54, 1.807) is 19.3 Å². The summed E-state index contributed by atoms with van der Waals surface area (Å²) in [6, 6.07) is 0. The molecular weight excluding hydrogens is 140 g/mol. The molecule has 0 fully saturated rings. The van der Waals surface area contributed by atoms with Gasteiger partial charge in [-0.2, -0.15) is 0 Å². The second-order valence-electron chi connectivity index (χ2n) is 2.92. The molecule has 0 N–H and O–H groups in total. The van der Waals surface area contributed by atoms with Gasteiger partial charge in [0.2, 0.25) is 0 Å². The van der Waals surface area contributed by atoms with Crippen LogP contribution in [0.1, 0.15) is 20.3 Å². The third-order valence-electron chi connectivity index (χ3n) is 1.18. The molecule has 0 unspecified atom stereocenters. The quantitative estimate of drug-likeness (QED) is 0.567. The summed E-state index contributed by atoms with van der Waals surface area (Å²) in [5, 5.41) is 0. The standard InChI is InChI=1S/C9H16O2/c1-8(2)7-9(10)5-4-6-11-3/h4-5,8H,6-7H2,1-3H3/b5-4+. The molecule has 0 saturated heterocycles. The molecule has 0 rings (SSSR count). The summed E-state index contributed by atoms with van der Waals surface area (Å²) in [6.45, 7) is 4.58. The first-order valence-electron chi connectivity index (χ1n) is 3.85. The molecule has 64 valence electrons. The van der Waals surface area contributed by atoms with Crippen molar-refractivity contribution in [2.45, 2.75) is 20.3 Å². The first-order valence-corrected chi connectivity index (χ1v) is 3.85. The van der Waals surface area contributed by atoms with Crippen LogP contribution >= 0.6 is 0 Å². The number of methoxy groups -OCH3 is 1. The third kappa shape index (κ3) is 7.26. The van der Waals surface area contributed by atoms with Crippen LogP contribution in [0, 0.1) is 5.92 Å². The summed E-state index contributed by atoms with van der Waals surface area (Å²) < 4.78 is 4.76. The van der Waals surface area contributed by atoms with Gasteiger partial charge in [0.15, 0.2) is 5.78 Å². The zero-order valence-electron chi connectivity index (χ0n) is 7.46. The minimum absolute atomic E-state index is 0.178. The van der Waals surface area contributed by atoms with Gasteiger partial charge in [0.25, 0.3) is 0 Å². The maximum absolute atomic E-state index is 11.0. The van der Waals surface area contributed by atoms with Gasteiger partial charge in [-0.15, -0.1) is 0 Å². The van der Waals surface area contributed by atoms with Crippen molar-refractivity contribution in [3.8, 4) is 0 Å². The highest BCUT2D eigenvalue weighted by Crippen LogP contribution is 2.00. The van der Waals surface area contributed by atoms with Crippen LogP contribution in [0.15, 0.2) is 12.2 Å². The monoisotopic (exact) mass is 156 g/mol. The van der Waals surface area contributed by atoms with Crippen molar-refractivity contribution >= 4 is 5.78 Å². The third-order valence-corrected chi connectivity index (χ3v) is 1.18. The Balaban J connectivity index is 3.51. The molecule has 0 amide bonds. The first-order chi connectivity index (χ1) is 5.16. The van der Waals surface area contributed by atoms with Crippen molar-refractivity contribution in [1.29, 1.82) is 0 Å². The number of hydrogen-bond acceptors (Lipinski definition) is 2. The fourth-order valence-corrected chi connectivity index (χ4v) is 0.746. The Morgan fingerprint density at radius 2 is 2.18 bits per heavy atom. The summed E-state index contributed by atoms with van der Waals surface area (Å²) in [5.74, 6) is 0.617. The van der Waals surface area contributed by atoms with Gasteiger partial charge in [0.05, 0.1) is 6.61 Å². The Labute approximate surface area is 68.2 Å². The largest absolute Gasteiger partial charge is 0.381 e. The first kappa shape index (κ1) is 10.4. The Morgan fingerprint density at radius 1 is 1.55 bits per heavy atom. The Morgan fingerprint density at radius 3 is 2.64 bits per heavy atom. The molecular formula is C9H16O2. The number of allylic oxidation sites excluding steroid dienone is 1. The lowest BCUT2D eigenvalue weighted by molar-refractivity contribution is -0.115. The lowest BCUT2D eigenvalue weighted by Gasteiger charge is -1.97. The van der Waals surface area contributed by atoms with E-state index in [9.17, 15) is 4.79 Å². The molecule has 0 aliphatic carbocycles. The highest BCUT2D eigenvalue weighted by atomic mass is 16.5. The van der Waals surface area contributed by atoms with Crippen molar-refractivity contribution in [2.24, 2.45) is 5.92 Å². The van der Waals surface area contributed by atoms with E-state index >= 15 is 0 Å². The van der Waals surface area contributed by atoms with Crippen LogP contribution in [0.4, 0.5) is 0 Å². The molecule has 0 aliphatic heterocycles. The van der Waals surface area contributed by atoms with Crippen molar-refractivity contribution in [2.75, 3.05) is 13.7 Å². The Kier molecular flexibility index (Phi) is 5.75. The van der Waals surface area contributed by atoms with E-state index in [0.29, 0.717) is 18.9 Å². The normalized spacial score (nSPS) is 11.3. The second kappa shape index (κ2) is 6.10. The maximum Gasteiger partial charge on any atom is 0.155 e. The summed E-state index contributed by atoms with van der Waals surface area (Å²) in [7, 11) is 1.61. The van der Waals surface area contributed by atoms with Crippen LogP contribution in [-0.4, -0.2) is 19.5 Å². The van der Waals surface area contributed by atoms with E-state index in [1.807, 2.05) is 13.8 Å². The van der Waals surface area contributed by atoms with E-state index in [4.69, 9.17) is 4.74 Å². The van der Waals surface area contributed by atoms with Gasteiger partial charge >= 0.3 is 0 Å². The molecule has 0 saturated carbocycles. The molecule has 0 aliphatic rings. The second-order valence-corrected chi connectivity index (χ2v) is 2.92. The maximum atomic E-state index is 11.0. The highest BCUT2D eigenvalue weighted by Gasteiger charge is 1.99. The SMILES string of the molecule is COC/C=C/C(=O)CC(C)C. The molecule has 0 heterocycles. The molecule has 2 nitrogen and oxygen atoms in total. The van der Waals surface area contributed by atoms with Crippen LogP contribution in [0.25, 0.3) is 0 Å². The lowest BCUT2D eigenvalue weighted by atomic mass is 10.1. The molecule has 0 radical (unpaired) electrons. The number of carbonyl (C=O) groups excluding carboxylic acids is 1. The summed E-state index contributed by atoms with van der Waals surface area (Å²) in [5.41, 5.74) is 0. The fourth-order valence-electron chi connectivity index (χ4n) is 0.746. The molecule has 0 aromatic heterocycles. The van der Waals surface area contributed by atoms with Gasteiger partial charge in [-0.1, -0.05) is 19.9 Å². The van der Waals surface area contributed by atoms with Crippen molar-refractivity contribution in [3.05, 3.63) is 12.2 Å². The number of ketones is 1. The topological polar surface area (TPSA) is 26.3 Å². The van der Waals surface area contributed by atoms with E-state index in [0.717, 1.165) is 0 Å². The van der Waals surface area contributed by atoms with E-state index in [1.165, 1.54) is 0 Å². The summed E-state index contributed by atoms with van der Waals surface area (Å²) in [4.78, 5) is 11.0. The van der Waals surface area contributed by atoms with Crippen LogP contribution < -0.4 is 0 Å². The summed E-state index contributed by atoms with van der Waals surface area (Å²) >= 11 is 0. The fraction of sp³-hybridized carbons (Fsp3) is 0.667. The highest BCUT2D eigenvalue weighted by molar-refractivity contribution is 5.89. The summed E-state index contributed by atoms with van der Waals surface area (Å²) in [6.07, 6.45) is 3.95. The molecule has 11 heavy (non-hydrogen) atoms.